The lowest BCUT2D eigenvalue weighted by Gasteiger charge is -2.32. The first kappa shape index (κ1) is 13.2. The fourth-order valence-corrected chi connectivity index (χ4v) is 2.32. The van der Waals surface area contributed by atoms with Gasteiger partial charge in [-0.2, -0.15) is 13.2 Å². The van der Waals surface area contributed by atoms with E-state index in [0.717, 1.165) is 12.6 Å². The predicted molar refractivity (Wildman–Crippen MR) is 63.4 cm³/mol. The van der Waals surface area contributed by atoms with Crippen LogP contribution in [0.25, 0.3) is 0 Å². The number of halogens is 3. The molecule has 0 bridgehead atoms. The molecule has 0 aliphatic carbocycles. The van der Waals surface area contributed by atoms with Gasteiger partial charge in [-0.15, -0.1) is 0 Å². The summed E-state index contributed by atoms with van der Waals surface area (Å²) < 4.78 is 38.2. The number of nitrogens with zero attached hydrogens (tertiary/aromatic N) is 1. The Balaban J connectivity index is 2.10. The molecular weight excluding hydrogens is 243 g/mol. The van der Waals surface area contributed by atoms with Crippen molar-refractivity contribution in [1.29, 1.82) is 0 Å². The van der Waals surface area contributed by atoms with Gasteiger partial charge in [-0.1, -0.05) is 18.2 Å². The van der Waals surface area contributed by atoms with Gasteiger partial charge in [-0.05, 0) is 25.5 Å². The van der Waals surface area contributed by atoms with E-state index in [-0.39, 0.29) is 6.54 Å². The molecule has 5 heteroatoms. The Bertz CT molecular complexity index is 402. The fourth-order valence-electron chi connectivity index (χ4n) is 2.32. The van der Waals surface area contributed by atoms with E-state index in [1.54, 1.807) is 0 Å². The molecule has 0 amide bonds. The first-order valence-electron chi connectivity index (χ1n) is 5.91. The van der Waals surface area contributed by atoms with Crippen LogP contribution in [0.5, 0.6) is 0 Å². The Morgan fingerprint density at radius 1 is 1.22 bits per heavy atom. The lowest BCUT2D eigenvalue weighted by Crippen LogP contribution is -2.49. The molecule has 1 aromatic rings. The number of benzene rings is 1. The van der Waals surface area contributed by atoms with Gasteiger partial charge in [-0.25, -0.2) is 0 Å². The molecule has 0 saturated carbocycles. The number of para-hydroxylation sites is 1. The second-order valence-electron chi connectivity index (χ2n) is 4.91. The number of anilines is 1. The van der Waals surface area contributed by atoms with Crippen LogP contribution in [0.3, 0.4) is 0 Å². The normalized spacial score (nSPS) is 24.1. The maximum absolute atomic E-state index is 12.7. The largest absolute Gasteiger partial charge is 0.417 e. The summed E-state index contributed by atoms with van der Waals surface area (Å²) in [4.78, 5) is 1.88. The highest BCUT2D eigenvalue weighted by atomic mass is 19.4. The third-order valence-corrected chi connectivity index (χ3v) is 3.68. The summed E-state index contributed by atoms with van der Waals surface area (Å²) in [6.07, 6.45) is -4.23. The number of aliphatic hydroxyl groups is 1. The molecule has 2 rings (SSSR count). The minimum Gasteiger partial charge on any atom is -0.380 e. The Morgan fingerprint density at radius 2 is 1.83 bits per heavy atom. The summed E-state index contributed by atoms with van der Waals surface area (Å²) in [6.45, 7) is 1.64. The van der Waals surface area contributed by atoms with Crippen LogP contribution >= 0.6 is 0 Å². The van der Waals surface area contributed by atoms with E-state index in [1.165, 1.54) is 0 Å². The van der Waals surface area contributed by atoms with E-state index in [1.807, 2.05) is 35.2 Å². The van der Waals surface area contributed by atoms with Crippen LogP contribution in [-0.2, 0) is 0 Å². The molecule has 1 N–H and O–H groups in total. The summed E-state index contributed by atoms with van der Waals surface area (Å²) >= 11 is 0. The Labute approximate surface area is 104 Å². The van der Waals surface area contributed by atoms with Crippen LogP contribution in [0.2, 0.25) is 0 Å². The highest BCUT2D eigenvalue weighted by Crippen LogP contribution is 2.40. The van der Waals surface area contributed by atoms with Crippen LogP contribution in [0.1, 0.15) is 13.3 Å². The van der Waals surface area contributed by atoms with Gasteiger partial charge in [0, 0.05) is 24.7 Å². The van der Waals surface area contributed by atoms with Crippen molar-refractivity contribution in [2.24, 2.45) is 5.92 Å². The molecule has 2 unspecified atom stereocenters. The first-order valence-corrected chi connectivity index (χ1v) is 5.91. The van der Waals surface area contributed by atoms with Crippen molar-refractivity contribution in [3.8, 4) is 0 Å². The monoisotopic (exact) mass is 259 g/mol. The second-order valence-corrected chi connectivity index (χ2v) is 4.91. The Kier molecular flexibility index (Phi) is 3.27. The number of hydrogen-bond acceptors (Lipinski definition) is 2. The van der Waals surface area contributed by atoms with E-state index in [2.05, 4.69) is 0 Å². The molecule has 2 nitrogen and oxygen atoms in total. The predicted octanol–water partition coefficient (Wildman–Crippen LogP) is 2.83. The van der Waals surface area contributed by atoms with Gasteiger partial charge in [-0.3, -0.25) is 0 Å². The average Bonchev–Trinajstić information content (AvgIpc) is 2.78. The minimum atomic E-state index is -4.58. The topological polar surface area (TPSA) is 23.5 Å². The van der Waals surface area contributed by atoms with E-state index in [9.17, 15) is 18.3 Å². The van der Waals surface area contributed by atoms with Crippen molar-refractivity contribution >= 4 is 5.69 Å². The molecule has 0 radical (unpaired) electrons. The van der Waals surface area contributed by atoms with Crippen LogP contribution in [0, 0.1) is 5.92 Å². The van der Waals surface area contributed by atoms with Crippen LogP contribution in [0.15, 0.2) is 30.3 Å². The summed E-state index contributed by atoms with van der Waals surface area (Å²) in [6, 6.07) is 9.30. The van der Waals surface area contributed by atoms with Crippen LogP contribution in [-0.4, -0.2) is 30.0 Å². The summed E-state index contributed by atoms with van der Waals surface area (Å²) in [5, 5.41) is 9.66. The lowest BCUT2D eigenvalue weighted by molar-refractivity contribution is -0.269. The SMILES string of the molecule is CC(O)(C1CCN(c2ccccc2)C1)C(F)(F)F. The van der Waals surface area contributed by atoms with Crippen molar-refractivity contribution in [2.45, 2.75) is 25.1 Å². The number of rotatable bonds is 2. The van der Waals surface area contributed by atoms with E-state index < -0.39 is 17.7 Å². The van der Waals surface area contributed by atoms with E-state index in [0.29, 0.717) is 13.0 Å². The van der Waals surface area contributed by atoms with E-state index in [4.69, 9.17) is 0 Å². The lowest BCUT2D eigenvalue weighted by atomic mass is 9.88. The maximum atomic E-state index is 12.7. The molecule has 1 fully saturated rings. The van der Waals surface area contributed by atoms with Gasteiger partial charge in [0.2, 0.25) is 0 Å². The Hall–Kier alpha value is -1.23. The van der Waals surface area contributed by atoms with Gasteiger partial charge in [0.05, 0.1) is 0 Å². The molecule has 1 aliphatic rings. The van der Waals surface area contributed by atoms with Gasteiger partial charge < -0.3 is 10.0 Å². The zero-order valence-corrected chi connectivity index (χ0v) is 10.1. The second kappa shape index (κ2) is 4.46. The molecule has 1 aromatic carbocycles. The van der Waals surface area contributed by atoms with Gasteiger partial charge in [0.15, 0.2) is 5.60 Å². The minimum absolute atomic E-state index is 0.233. The average molecular weight is 259 g/mol. The number of alkyl halides is 3. The molecule has 1 saturated heterocycles. The standard InChI is InChI=1S/C13H16F3NO/c1-12(18,13(14,15)16)10-7-8-17(9-10)11-5-3-2-4-6-11/h2-6,10,18H,7-9H2,1H3. The van der Waals surface area contributed by atoms with Crippen LogP contribution in [0.4, 0.5) is 18.9 Å². The number of hydrogen-bond donors (Lipinski definition) is 1. The molecule has 18 heavy (non-hydrogen) atoms. The zero-order valence-electron chi connectivity index (χ0n) is 10.1. The molecule has 1 aliphatic heterocycles. The van der Waals surface area contributed by atoms with Crippen molar-refractivity contribution in [2.75, 3.05) is 18.0 Å². The van der Waals surface area contributed by atoms with Crippen molar-refractivity contribution in [3.63, 3.8) is 0 Å². The molecule has 100 valence electrons. The van der Waals surface area contributed by atoms with Crippen molar-refractivity contribution in [1.82, 2.24) is 0 Å². The van der Waals surface area contributed by atoms with E-state index >= 15 is 0 Å². The summed E-state index contributed by atoms with van der Waals surface area (Å²) in [5.41, 5.74) is -1.71. The quantitative estimate of drug-likeness (QED) is 0.882. The third kappa shape index (κ3) is 2.32. The highest BCUT2D eigenvalue weighted by Gasteiger charge is 2.56. The Morgan fingerprint density at radius 3 is 2.39 bits per heavy atom. The first-order chi connectivity index (χ1) is 8.32. The third-order valence-electron chi connectivity index (χ3n) is 3.68. The smallest absolute Gasteiger partial charge is 0.380 e. The fraction of sp³-hybridized carbons (Fsp3) is 0.538. The molecule has 0 aromatic heterocycles. The summed E-state index contributed by atoms with van der Waals surface area (Å²) in [5.74, 6) is -0.780. The molecule has 2 atom stereocenters. The molecular formula is C13H16F3NO. The zero-order chi connectivity index (χ0) is 13.4. The van der Waals surface area contributed by atoms with Gasteiger partial charge in [0.25, 0.3) is 0 Å². The summed E-state index contributed by atoms with van der Waals surface area (Å²) in [7, 11) is 0. The van der Waals surface area contributed by atoms with Crippen molar-refractivity contribution < 1.29 is 18.3 Å². The highest BCUT2D eigenvalue weighted by molar-refractivity contribution is 5.47. The maximum Gasteiger partial charge on any atom is 0.417 e. The van der Waals surface area contributed by atoms with Gasteiger partial charge in [0.1, 0.15) is 0 Å². The van der Waals surface area contributed by atoms with Crippen LogP contribution < -0.4 is 4.90 Å². The molecule has 1 heterocycles. The van der Waals surface area contributed by atoms with Crippen molar-refractivity contribution in [3.05, 3.63) is 30.3 Å². The van der Waals surface area contributed by atoms with Gasteiger partial charge >= 0.3 is 6.18 Å². The molecule has 0 spiro atoms.